The van der Waals surface area contributed by atoms with Crippen molar-refractivity contribution < 1.29 is 0 Å². The lowest BCUT2D eigenvalue weighted by molar-refractivity contribution is 0.382. The van der Waals surface area contributed by atoms with E-state index >= 15 is 0 Å². The van der Waals surface area contributed by atoms with Crippen molar-refractivity contribution in [3.63, 3.8) is 0 Å². The molecule has 2 atom stereocenters. The summed E-state index contributed by atoms with van der Waals surface area (Å²) in [6.45, 7) is 4.61. The molecule has 0 aromatic heterocycles. The van der Waals surface area contributed by atoms with Gasteiger partial charge in [-0.2, -0.15) is 0 Å². The Morgan fingerprint density at radius 3 is 2.68 bits per heavy atom. The molecule has 1 fully saturated rings. The molecular weight excluding hydrogens is 248 g/mol. The Labute approximate surface area is 122 Å². The summed E-state index contributed by atoms with van der Waals surface area (Å²) in [6, 6.07) is 10.7. The Bertz CT molecular complexity index is 393. The normalized spacial score (nSPS) is 23.8. The highest BCUT2D eigenvalue weighted by molar-refractivity contribution is 8.03. The largest absolute Gasteiger partial charge is 0.0949 e. The Hall–Kier alpha value is -0.690. The lowest BCUT2D eigenvalue weighted by atomic mass is 9.92. The number of allylic oxidation sites excluding steroid dienone is 2. The molecule has 0 bridgehead atoms. The zero-order chi connectivity index (χ0) is 13.5. The van der Waals surface area contributed by atoms with E-state index in [1.54, 1.807) is 0 Å². The smallest absolute Gasteiger partial charge is 0.0118 e. The number of thioether (sulfide) groups is 1. The first-order valence-electron chi connectivity index (χ1n) is 7.67. The van der Waals surface area contributed by atoms with Crippen LogP contribution in [0.2, 0.25) is 0 Å². The third-order valence-electron chi connectivity index (χ3n) is 4.35. The number of rotatable bonds is 6. The molecule has 1 aliphatic carbocycles. The van der Waals surface area contributed by atoms with E-state index in [1.165, 1.54) is 48.3 Å². The summed E-state index contributed by atoms with van der Waals surface area (Å²) in [7, 11) is 0. The zero-order valence-corrected chi connectivity index (χ0v) is 13.1. The van der Waals surface area contributed by atoms with E-state index in [9.17, 15) is 0 Å². The Kier molecular flexibility index (Phi) is 6.03. The molecule has 2 rings (SSSR count). The average molecular weight is 274 g/mol. The monoisotopic (exact) mass is 274 g/mol. The van der Waals surface area contributed by atoms with Gasteiger partial charge < -0.3 is 0 Å². The van der Waals surface area contributed by atoms with Crippen LogP contribution in [-0.2, 0) is 0 Å². The Morgan fingerprint density at radius 1 is 1.26 bits per heavy atom. The minimum absolute atomic E-state index is 0.968. The van der Waals surface area contributed by atoms with Crippen LogP contribution < -0.4 is 0 Å². The molecule has 0 N–H and O–H groups in total. The number of hydrogen-bond donors (Lipinski definition) is 0. The fourth-order valence-electron chi connectivity index (χ4n) is 3.08. The highest BCUT2D eigenvalue weighted by Gasteiger charge is 2.22. The van der Waals surface area contributed by atoms with Crippen LogP contribution >= 0.6 is 11.8 Å². The molecule has 2 unspecified atom stereocenters. The molecule has 0 nitrogen and oxygen atoms in total. The molecule has 1 aromatic rings. The summed E-state index contributed by atoms with van der Waals surface area (Å²) >= 11 is 1.93. The first-order chi connectivity index (χ1) is 9.29. The van der Waals surface area contributed by atoms with Gasteiger partial charge in [0.15, 0.2) is 0 Å². The quantitative estimate of drug-likeness (QED) is 0.549. The number of hydrogen-bond acceptors (Lipinski definition) is 1. The van der Waals surface area contributed by atoms with Crippen molar-refractivity contribution in [2.45, 2.75) is 57.3 Å². The summed E-state index contributed by atoms with van der Waals surface area (Å²) in [5.41, 5.74) is 0. The van der Waals surface area contributed by atoms with Crippen LogP contribution in [0.4, 0.5) is 0 Å². The van der Waals surface area contributed by atoms with Crippen LogP contribution in [0.5, 0.6) is 0 Å². The van der Waals surface area contributed by atoms with Gasteiger partial charge in [0.25, 0.3) is 0 Å². The van der Waals surface area contributed by atoms with E-state index < -0.39 is 0 Å². The van der Waals surface area contributed by atoms with Crippen molar-refractivity contribution in [1.29, 1.82) is 0 Å². The SMILES string of the molecule is C/C=C(/CCCC1CCCC1C)Sc1ccccc1. The molecule has 1 heteroatoms. The predicted molar refractivity (Wildman–Crippen MR) is 86.4 cm³/mol. The van der Waals surface area contributed by atoms with E-state index in [-0.39, 0.29) is 0 Å². The first-order valence-corrected chi connectivity index (χ1v) is 8.49. The fourth-order valence-corrected chi connectivity index (χ4v) is 4.04. The van der Waals surface area contributed by atoms with Crippen LogP contribution in [0.3, 0.4) is 0 Å². The lowest BCUT2D eigenvalue weighted by Gasteiger charge is -2.15. The van der Waals surface area contributed by atoms with Gasteiger partial charge in [0.05, 0.1) is 0 Å². The van der Waals surface area contributed by atoms with Gasteiger partial charge in [-0.05, 0) is 55.1 Å². The summed E-state index contributed by atoms with van der Waals surface area (Å²) in [6.07, 6.45) is 10.7. The number of benzene rings is 1. The Morgan fingerprint density at radius 2 is 2.05 bits per heavy atom. The second-order valence-corrected chi connectivity index (χ2v) is 6.93. The van der Waals surface area contributed by atoms with Crippen LogP contribution in [0.15, 0.2) is 46.2 Å². The van der Waals surface area contributed by atoms with Crippen molar-refractivity contribution in [2.24, 2.45) is 11.8 Å². The fraction of sp³-hybridized carbons (Fsp3) is 0.556. The van der Waals surface area contributed by atoms with Crippen molar-refractivity contribution in [3.8, 4) is 0 Å². The highest BCUT2D eigenvalue weighted by Crippen LogP contribution is 2.36. The summed E-state index contributed by atoms with van der Waals surface area (Å²) in [5, 5.41) is 0. The van der Waals surface area contributed by atoms with E-state index in [2.05, 4.69) is 50.3 Å². The van der Waals surface area contributed by atoms with E-state index in [0.29, 0.717) is 0 Å². The predicted octanol–water partition coefficient (Wildman–Crippen LogP) is 6.29. The van der Waals surface area contributed by atoms with Crippen LogP contribution in [-0.4, -0.2) is 0 Å². The van der Waals surface area contributed by atoms with Gasteiger partial charge in [0.2, 0.25) is 0 Å². The van der Waals surface area contributed by atoms with Gasteiger partial charge in [-0.3, -0.25) is 0 Å². The van der Waals surface area contributed by atoms with Gasteiger partial charge in [-0.15, -0.1) is 0 Å². The minimum atomic E-state index is 0.968. The average Bonchev–Trinajstić information content (AvgIpc) is 2.84. The third-order valence-corrected chi connectivity index (χ3v) is 5.56. The molecular formula is C18H26S. The van der Waals surface area contributed by atoms with Gasteiger partial charge in [0, 0.05) is 4.90 Å². The van der Waals surface area contributed by atoms with Crippen LogP contribution in [0, 0.1) is 11.8 Å². The van der Waals surface area contributed by atoms with Gasteiger partial charge in [-0.25, -0.2) is 0 Å². The second-order valence-electron chi connectivity index (χ2n) is 5.73. The zero-order valence-electron chi connectivity index (χ0n) is 12.3. The maximum atomic E-state index is 2.44. The molecule has 0 saturated heterocycles. The Balaban J connectivity index is 1.74. The lowest BCUT2D eigenvalue weighted by Crippen LogP contribution is -2.03. The minimum Gasteiger partial charge on any atom is -0.0949 e. The molecule has 0 amide bonds. The van der Waals surface area contributed by atoms with Crippen molar-refractivity contribution in [3.05, 3.63) is 41.3 Å². The van der Waals surface area contributed by atoms with Crippen LogP contribution in [0.1, 0.15) is 52.4 Å². The summed E-state index contributed by atoms with van der Waals surface area (Å²) < 4.78 is 0. The van der Waals surface area contributed by atoms with E-state index in [1.807, 2.05) is 11.8 Å². The molecule has 0 heterocycles. The van der Waals surface area contributed by atoms with Gasteiger partial charge in [0.1, 0.15) is 0 Å². The topological polar surface area (TPSA) is 0 Å². The molecule has 0 spiro atoms. The van der Waals surface area contributed by atoms with E-state index in [4.69, 9.17) is 0 Å². The molecule has 1 saturated carbocycles. The molecule has 1 aliphatic rings. The summed E-state index contributed by atoms with van der Waals surface area (Å²) in [5.74, 6) is 1.97. The van der Waals surface area contributed by atoms with Gasteiger partial charge in [-0.1, -0.05) is 62.2 Å². The molecule has 0 radical (unpaired) electrons. The van der Waals surface area contributed by atoms with Crippen molar-refractivity contribution >= 4 is 11.8 Å². The molecule has 19 heavy (non-hydrogen) atoms. The van der Waals surface area contributed by atoms with Crippen LogP contribution in [0.25, 0.3) is 0 Å². The maximum absolute atomic E-state index is 2.44. The second kappa shape index (κ2) is 7.79. The van der Waals surface area contributed by atoms with E-state index in [0.717, 1.165) is 11.8 Å². The maximum Gasteiger partial charge on any atom is 0.0118 e. The summed E-state index contributed by atoms with van der Waals surface area (Å²) in [4.78, 5) is 2.89. The third kappa shape index (κ3) is 4.72. The first kappa shape index (κ1) is 14.7. The van der Waals surface area contributed by atoms with Crippen molar-refractivity contribution in [1.82, 2.24) is 0 Å². The molecule has 0 aliphatic heterocycles. The highest BCUT2D eigenvalue weighted by atomic mass is 32.2. The molecule has 104 valence electrons. The molecule has 1 aromatic carbocycles. The standard InChI is InChI=1S/C18H26S/c1-3-17(19-18-12-5-4-6-13-18)14-8-11-16-10-7-9-15(16)2/h3-6,12-13,15-16H,7-11,14H2,1-2H3/b17-3-. The van der Waals surface area contributed by atoms with Gasteiger partial charge >= 0.3 is 0 Å². The van der Waals surface area contributed by atoms with Crippen molar-refractivity contribution in [2.75, 3.05) is 0 Å².